The number of rotatable bonds is 5. The number of halogens is 1. The van der Waals surface area contributed by atoms with E-state index in [1.807, 2.05) is 61.8 Å². The van der Waals surface area contributed by atoms with Gasteiger partial charge in [-0.1, -0.05) is 42.5 Å². The molecule has 3 aromatic carbocycles. The van der Waals surface area contributed by atoms with E-state index in [0.29, 0.717) is 16.0 Å². The third-order valence-electron chi connectivity index (χ3n) is 5.76. The molecule has 7 nitrogen and oxygen atoms in total. The molecule has 2 N–H and O–H groups in total. The van der Waals surface area contributed by atoms with Crippen molar-refractivity contribution in [2.45, 2.75) is 4.90 Å². The van der Waals surface area contributed by atoms with E-state index in [2.05, 4.69) is 36.0 Å². The van der Waals surface area contributed by atoms with Gasteiger partial charge in [0.1, 0.15) is 10.6 Å². The van der Waals surface area contributed by atoms with E-state index in [1.54, 1.807) is 16.8 Å². The molecule has 0 bridgehead atoms. The van der Waals surface area contributed by atoms with Crippen molar-refractivity contribution < 1.29 is 8.42 Å². The Kier molecular flexibility index (Phi) is 5.86. The van der Waals surface area contributed by atoms with Crippen LogP contribution in [0.25, 0.3) is 22.0 Å². The maximum absolute atomic E-state index is 13.8. The van der Waals surface area contributed by atoms with Crippen LogP contribution in [0, 0.1) is 0 Å². The minimum absolute atomic E-state index is 0.312. The quantitative estimate of drug-likeness (QED) is 0.408. The Morgan fingerprint density at radius 1 is 1.03 bits per heavy atom. The molecule has 5 rings (SSSR count). The standard InChI is InChI=1S/C24H24BrN5O2S/c1-29-16-21(25)23(27-29)18-6-4-7-19(15-18)28-33(31,32)24-20-8-3-2-5-17(20)9-10-22(24)30-13-11-26-12-14-30/h2-10,15-16,26,28H,11-14H2,1H3. The number of anilines is 2. The Morgan fingerprint density at radius 2 is 1.82 bits per heavy atom. The Balaban J connectivity index is 1.58. The molecule has 2 heterocycles. The van der Waals surface area contributed by atoms with Crippen LogP contribution >= 0.6 is 15.9 Å². The van der Waals surface area contributed by atoms with E-state index in [1.165, 1.54) is 0 Å². The van der Waals surface area contributed by atoms with Crippen LogP contribution in [0.3, 0.4) is 0 Å². The lowest BCUT2D eigenvalue weighted by Gasteiger charge is -2.31. The lowest BCUT2D eigenvalue weighted by atomic mass is 10.1. The SMILES string of the molecule is Cn1cc(Br)c(-c2cccc(NS(=O)(=O)c3c(N4CCNCC4)ccc4ccccc34)c2)n1. The molecule has 170 valence electrons. The highest BCUT2D eigenvalue weighted by atomic mass is 79.9. The van der Waals surface area contributed by atoms with Gasteiger partial charge in [-0.3, -0.25) is 9.40 Å². The molecule has 1 aliphatic rings. The molecule has 0 amide bonds. The summed E-state index contributed by atoms with van der Waals surface area (Å²) >= 11 is 3.52. The van der Waals surface area contributed by atoms with Crippen molar-refractivity contribution in [2.24, 2.45) is 7.05 Å². The highest BCUT2D eigenvalue weighted by Gasteiger charge is 2.26. The van der Waals surface area contributed by atoms with E-state index in [9.17, 15) is 8.42 Å². The Hall–Kier alpha value is -2.88. The number of hydrogen-bond acceptors (Lipinski definition) is 5. The number of sulfonamides is 1. The monoisotopic (exact) mass is 525 g/mol. The van der Waals surface area contributed by atoms with E-state index in [0.717, 1.165) is 53.0 Å². The van der Waals surface area contributed by atoms with Crippen LogP contribution in [0.5, 0.6) is 0 Å². The van der Waals surface area contributed by atoms with Crippen molar-refractivity contribution in [1.29, 1.82) is 0 Å². The molecule has 1 saturated heterocycles. The molecule has 0 saturated carbocycles. The first-order valence-corrected chi connectivity index (χ1v) is 13.0. The van der Waals surface area contributed by atoms with Gasteiger partial charge in [0.25, 0.3) is 10.0 Å². The lowest BCUT2D eigenvalue weighted by molar-refractivity contribution is 0.582. The summed E-state index contributed by atoms with van der Waals surface area (Å²) in [6, 6.07) is 18.8. The summed E-state index contributed by atoms with van der Waals surface area (Å²) in [6.45, 7) is 3.15. The average Bonchev–Trinajstić information content (AvgIpc) is 3.16. The van der Waals surface area contributed by atoms with Gasteiger partial charge < -0.3 is 10.2 Å². The van der Waals surface area contributed by atoms with E-state index >= 15 is 0 Å². The van der Waals surface area contributed by atoms with Gasteiger partial charge in [0, 0.05) is 56.1 Å². The maximum atomic E-state index is 13.8. The second-order valence-electron chi connectivity index (χ2n) is 8.06. The Bertz CT molecular complexity index is 1430. The summed E-state index contributed by atoms with van der Waals surface area (Å²) in [5.74, 6) is 0. The number of aryl methyl sites for hydroxylation is 1. The number of hydrogen-bond donors (Lipinski definition) is 2. The summed E-state index contributed by atoms with van der Waals surface area (Å²) < 4.78 is 33.0. The first kappa shape index (κ1) is 21.9. The van der Waals surface area contributed by atoms with Gasteiger partial charge in [0.15, 0.2) is 0 Å². The van der Waals surface area contributed by atoms with Gasteiger partial charge >= 0.3 is 0 Å². The number of benzene rings is 3. The van der Waals surface area contributed by atoms with Crippen LogP contribution in [0.4, 0.5) is 11.4 Å². The van der Waals surface area contributed by atoms with Crippen LogP contribution in [-0.2, 0) is 17.1 Å². The summed E-state index contributed by atoms with van der Waals surface area (Å²) in [4.78, 5) is 2.45. The van der Waals surface area contributed by atoms with Crippen molar-refractivity contribution in [3.8, 4) is 11.3 Å². The number of aromatic nitrogens is 2. The van der Waals surface area contributed by atoms with Crippen molar-refractivity contribution in [3.63, 3.8) is 0 Å². The molecular weight excluding hydrogens is 502 g/mol. The molecule has 1 aliphatic heterocycles. The van der Waals surface area contributed by atoms with Crippen LogP contribution in [0.1, 0.15) is 0 Å². The molecule has 0 unspecified atom stereocenters. The second-order valence-corrected chi connectivity index (χ2v) is 10.5. The van der Waals surface area contributed by atoms with Gasteiger partial charge in [0.2, 0.25) is 0 Å². The zero-order valence-electron chi connectivity index (χ0n) is 18.1. The van der Waals surface area contributed by atoms with Gasteiger partial charge in [-0.25, -0.2) is 8.42 Å². The fourth-order valence-corrected chi connectivity index (χ4v) is 6.35. The fraction of sp³-hybridized carbons (Fsp3) is 0.208. The van der Waals surface area contributed by atoms with Crippen molar-refractivity contribution in [2.75, 3.05) is 35.8 Å². The lowest BCUT2D eigenvalue weighted by Crippen LogP contribution is -2.44. The van der Waals surface area contributed by atoms with Crippen LogP contribution in [0.2, 0.25) is 0 Å². The van der Waals surface area contributed by atoms with Crippen molar-refractivity contribution in [3.05, 3.63) is 71.3 Å². The fourth-order valence-electron chi connectivity index (χ4n) is 4.26. The second kappa shape index (κ2) is 8.81. The minimum Gasteiger partial charge on any atom is -0.368 e. The molecular formula is C24H24BrN5O2S. The molecule has 33 heavy (non-hydrogen) atoms. The molecule has 0 spiro atoms. The van der Waals surface area contributed by atoms with Crippen molar-refractivity contribution >= 4 is 48.1 Å². The van der Waals surface area contributed by atoms with Gasteiger partial charge in [0.05, 0.1) is 10.2 Å². The van der Waals surface area contributed by atoms with Gasteiger partial charge in [-0.2, -0.15) is 5.10 Å². The van der Waals surface area contributed by atoms with Crippen LogP contribution < -0.4 is 14.9 Å². The predicted octanol–water partition coefficient (Wildman–Crippen LogP) is 4.21. The molecule has 4 aromatic rings. The zero-order chi connectivity index (χ0) is 23.0. The normalized spacial score (nSPS) is 14.5. The minimum atomic E-state index is -3.87. The highest BCUT2D eigenvalue weighted by Crippen LogP contribution is 2.35. The summed E-state index contributed by atoms with van der Waals surface area (Å²) in [5, 5.41) is 9.41. The summed E-state index contributed by atoms with van der Waals surface area (Å²) in [5.41, 5.74) is 2.80. The van der Waals surface area contributed by atoms with Crippen LogP contribution in [0.15, 0.2) is 76.2 Å². The van der Waals surface area contributed by atoms with Crippen LogP contribution in [-0.4, -0.2) is 44.4 Å². The first-order valence-electron chi connectivity index (χ1n) is 10.7. The van der Waals surface area contributed by atoms with E-state index < -0.39 is 10.0 Å². The molecule has 1 aromatic heterocycles. The van der Waals surface area contributed by atoms with E-state index in [-0.39, 0.29) is 0 Å². The maximum Gasteiger partial charge on any atom is 0.264 e. The third kappa shape index (κ3) is 4.36. The Morgan fingerprint density at radius 3 is 2.58 bits per heavy atom. The highest BCUT2D eigenvalue weighted by molar-refractivity contribution is 9.10. The molecule has 0 radical (unpaired) electrons. The largest absolute Gasteiger partial charge is 0.368 e. The average molecular weight is 526 g/mol. The van der Waals surface area contributed by atoms with Crippen molar-refractivity contribution in [1.82, 2.24) is 15.1 Å². The topological polar surface area (TPSA) is 79.3 Å². The van der Waals surface area contributed by atoms with Gasteiger partial charge in [-0.15, -0.1) is 0 Å². The first-order chi connectivity index (χ1) is 15.9. The third-order valence-corrected chi connectivity index (χ3v) is 7.81. The predicted molar refractivity (Wildman–Crippen MR) is 136 cm³/mol. The molecule has 0 aliphatic carbocycles. The smallest absolute Gasteiger partial charge is 0.264 e. The summed E-state index contributed by atoms with van der Waals surface area (Å²) in [6.07, 6.45) is 1.86. The number of fused-ring (bicyclic) bond motifs is 1. The number of nitrogens with zero attached hydrogens (tertiary/aromatic N) is 3. The molecule has 9 heteroatoms. The van der Waals surface area contributed by atoms with Gasteiger partial charge in [-0.05, 0) is 39.5 Å². The van der Waals surface area contributed by atoms with E-state index in [4.69, 9.17) is 0 Å². The molecule has 1 fully saturated rings. The number of piperazine rings is 1. The molecule has 0 atom stereocenters. The Labute approximate surface area is 201 Å². The number of nitrogens with one attached hydrogen (secondary N) is 2. The zero-order valence-corrected chi connectivity index (χ0v) is 20.5. The summed E-state index contributed by atoms with van der Waals surface area (Å²) in [7, 11) is -2.03.